The number of rotatable bonds is 0. The second kappa shape index (κ2) is 1.79. The van der Waals surface area contributed by atoms with Crippen LogP contribution in [0.25, 0.3) is 0 Å². The maximum atomic E-state index is 11.4. The number of carbonyl (C=O) groups is 3. The highest BCUT2D eigenvalue weighted by molar-refractivity contribution is 6.27. The van der Waals surface area contributed by atoms with Crippen molar-refractivity contribution < 1.29 is 14.4 Å². The summed E-state index contributed by atoms with van der Waals surface area (Å²) in [4.78, 5) is 35.2. The third kappa shape index (κ3) is 0.568. The predicted octanol–water partition coefficient (Wildman–Crippen LogP) is -0.580. The minimum atomic E-state index is -0.370. The van der Waals surface area contributed by atoms with Crippen LogP contribution in [-0.4, -0.2) is 29.0 Å². The van der Waals surface area contributed by atoms with Crippen LogP contribution >= 0.6 is 0 Å². The molecule has 2 heterocycles. The van der Waals surface area contributed by atoms with Crippen molar-refractivity contribution in [1.82, 2.24) is 4.90 Å². The van der Waals surface area contributed by atoms with E-state index in [2.05, 4.69) is 0 Å². The Labute approximate surface area is 73.5 Å². The summed E-state index contributed by atoms with van der Waals surface area (Å²) in [6.07, 6.45) is 2.84. The Balaban J connectivity index is 2.30. The topological polar surface area (TPSA) is 54.5 Å². The smallest absolute Gasteiger partial charge is 0.261 e. The van der Waals surface area contributed by atoms with E-state index in [0.717, 1.165) is 4.90 Å². The quantitative estimate of drug-likeness (QED) is 0.463. The summed E-state index contributed by atoms with van der Waals surface area (Å²) in [6.45, 7) is 0.250. The zero-order chi connectivity index (χ0) is 9.16. The second-order valence-electron chi connectivity index (χ2n) is 3.34. The van der Waals surface area contributed by atoms with Gasteiger partial charge in [0.25, 0.3) is 11.8 Å². The lowest BCUT2D eigenvalue weighted by molar-refractivity contribution is -0.135. The van der Waals surface area contributed by atoms with Gasteiger partial charge in [0, 0.05) is 17.7 Å². The molecule has 2 aliphatic heterocycles. The molecular formula is C9H5NO3. The molecule has 0 radical (unpaired) electrons. The van der Waals surface area contributed by atoms with Crippen LogP contribution in [0.2, 0.25) is 0 Å². The molecule has 2 amide bonds. The Morgan fingerprint density at radius 3 is 2.62 bits per heavy atom. The van der Waals surface area contributed by atoms with E-state index in [9.17, 15) is 14.4 Å². The Kier molecular flexibility index (Phi) is 0.931. The zero-order valence-electron chi connectivity index (χ0n) is 6.61. The van der Waals surface area contributed by atoms with E-state index in [1.807, 2.05) is 0 Å². The molecule has 1 aliphatic carbocycles. The number of carbonyl (C=O) groups excluding carboxylic acids is 3. The molecule has 1 unspecified atom stereocenters. The number of hydrogen-bond acceptors (Lipinski definition) is 3. The van der Waals surface area contributed by atoms with E-state index >= 15 is 0 Å². The Morgan fingerprint density at radius 2 is 1.92 bits per heavy atom. The van der Waals surface area contributed by atoms with E-state index in [4.69, 9.17) is 0 Å². The van der Waals surface area contributed by atoms with Crippen LogP contribution in [0.1, 0.15) is 0 Å². The monoisotopic (exact) mass is 175 g/mol. The van der Waals surface area contributed by atoms with Gasteiger partial charge in [-0.1, -0.05) is 0 Å². The SMILES string of the molecule is O=C1C=CC2=C3C(=O)N(CC13)C2=O. The van der Waals surface area contributed by atoms with E-state index in [0.29, 0.717) is 11.1 Å². The molecule has 4 heteroatoms. The van der Waals surface area contributed by atoms with Crippen molar-refractivity contribution in [3.8, 4) is 0 Å². The molecule has 1 atom stereocenters. The summed E-state index contributed by atoms with van der Waals surface area (Å²) in [5.41, 5.74) is 0.832. The van der Waals surface area contributed by atoms with Crippen LogP contribution in [0.15, 0.2) is 23.3 Å². The Morgan fingerprint density at radius 1 is 1.15 bits per heavy atom. The van der Waals surface area contributed by atoms with Gasteiger partial charge in [0.05, 0.1) is 5.92 Å². The largest absolute Gasteiger partial charge is 0.294 e. The number of hydrogen-bond donors (Lipinski definition) is 0. The van der Waals surface area contributed by atoms with Gasteiger partial charge in [0.1, 0.15) is 0 Å². The summed E-state index contributed by atoms with van der Waals surface area (Å²) < 4.78 is 0. The van der Waals surface area contributed by atoms with Crippen molar-refractivity contribution in [3.63, 3.8) is 0 Å². The summed E-state index contributed by atoms with van der Waals surface area (Å²) >= 11 is 0. The molecule has 0 aromatic rings. The summed E-state index contributed by atoms with van der Waals surface area (Å²) in [6, 6.07) is 0. The van der Waals surface area contributed by atoms with Crippen LogP contribution in [0.4, 0.5) is 0 Å². The van der Waals surface area contributed by atoms with Gasteiger partial charge in [-0.2, -0.15) is 0 Å². The lowest BCUT2D eigenvalue weighted by Crippen LogP contribution is -2.34. The molecule has 0 N–H and O–H groups in total. The number of ketones is 1. The number of imide groups is 1. The molecule has 0 spiro atoms. The molecule has 3 rings (SSSR count). The Bertz CT molecular complexity index is 430. The standard InChI is InChI=1S/C9H5NO3/c11-6-2-1-4-7-5(6)3-10(8(4)12)9(7)13/h1-2,5H,3H2. The highest BCUT2D eigenvalue weighted by Crippen LogP contribution is 2.38. The zero-order valence-corrected chi connectivity index (χ0v) is 6.61. The number of fused-ring (bicyclic) bond motifs is 1. The first-order valence-corrected chi connectivity index (χ1v) is 4.02. The van der Waals surface area contributed by atoms with E-state index in [1.165, 1.54) is 12.2 Å². The molecule has 0 aromatic heterocycles. The fourth-order valence-electron chi connectivity index (χ4n) is 2.06. The molecule has 1 saturated heterocycles. The molecular weight excluding hydrogens is 170 g/mol. The van der Waals surface area contributed by atoms with Gasteiger partial charge >= 0.3 is 0 Å². The first-order valence-electron chi connectivity index (χ1n) is 4.02. The van der Waals surface area contributed by atoms with Crippen LogP contribution in [0.3, 0.4) is 0 Å². The van der Waals surface area contributed by atoms with Gasteiger partial charge < -0.3 is 0 Å². The average molecular weight is 175 g/mol. The maximum absolute atomic E-state index is 11.4. The molecule has 4 nitrogen and oxygen atoms in total. The van der Waals surface area contributed by atoms with Crippen LogP contribution in [0.5, 0.6) is 0 Å². The molecule has 3 aliphatic rings. The van der Waals surface area contributed by atoms with Crippen LogP contribution < -0.4 is 0 Å². The lowest BCUT2D eigenvalue weighted by atomic mass is 9.87. The minimum absolute atomic E-state index is 0.0675. The van der Waals surface area contributed by atoms with Gasteiger partial charge in [0.15, 0.2) is 5.78 Å². The first kappa shape index (κ1) is 6.77. The predicted molar refractivity (Wildman–Crippen MR) is 41.4 cm³/mol. The second-order valence-corrected chi connectivity index (χ2v) is 3.34. The Hall–Kier alpha value is -1.71. The van der Waals surface area contributed by atoms with Crippen molar-refractivity contribution in [1.29, 1.82) is 0 Å². The fraction of sp³-hybridized carbons (Fsp3) is 0.222. The van der Waals surface area contributed by atoms with E-state index in [-0.39, 0.29) is 30.1 Å². The summed E-state index contributed by atoms with van der Waals surface area (Å²) in [5, 5.41) is 0. The molecule has 1 fully saturated rings. The highest BCUT2D eigenvalue weighted by Gasteiger charge is 2.51. The highest BCUT2D eigenvalue weighted by atomic mass is 16.2. The maximum Gasteiger partial charge on any atom is 0.261 e. The molecule has 2 bridgehead atoms. The van der Waals surface area contributed by atoms with Crippen LogP contribution in [0, 0.1) is 5.92 Å². The normalized spacial score (nSPS) is 29.7. The third-order valence-electron chi connectivity index (χ3n) is 2.71. The van der Waals surface area contributed by atoms with Gasteiger partial charge in [0.2, 0.25) is 0 Å². The van der Waals surface area contributed by atoms with Gasteiger partial charge in [-0.25, -0.2) is 0 Å². The van der Waals surface area contributed by atoms with Crippen LogP contribution in [-0.2, 0) is 14.4 Å². The lowest BCUT2D eigenvalue weighted by Gasteiger charge is -2.18. The minimum Gasteiger partial charge on any atom is -0.294 e. The molecule has 0 aromatic carbocycles. The van der Waals surface area contributed by atoms with Gasteiger partial charge in [-0.3, -0.25) is 19.3 Å². The number of allylic oxidation sites excluding steroid dienone is 1. The van der Waals surface area contributed by atoms with Gasteiger partial charge in [-0.05, 0) is 12.2 Å². The van der Waals surface area contributed by atoms with Crippen molar-refractivity contribution in [2.75, 3.05) is 6.54 Å². The van der Waals surface area contributed by atoms with E-state index in [1.54, 1.807) is 0 Å². The van der Waals surface area contributed by atoms with Crippen molar-refractivity contribution in [2.24, 2.45) is 5.92 Å². The molecule has 13 heavy (non-hydrogen) atoms. The van der Waals surface area contributed by atoms with Crippen molar-refractivity contribution in [2.45, 2.75) is 0 Å². The third-order valence-corrected chi connectivity index (χ3v) is 2.71. The number of nitrogens with zero attached hydrogens (tertiary/aromatic N) is 1. The average Bonchev–Trinajstić information content (AvgIpc) is 2.55. The van der Waals surface area contributed by atoms with Gasteiger partial charge in [-0.15, -0.1) is 0 Å². The molecule has 0 saturated carbocycles. The fourth-order valence-corrected chi connectivity index (χ4v) is 2.06. The van der Waals surface area contributed by atoms with E-state index < -0.39 is 0 Å². The number of amides is 2. The summed E-state index contributed by atoms with van der Waals surface area (Å²) in [5.74, 6) is -0.963. The summed E-state index contributed by atoms with van der Waals surface area (Å²) in [7, 11) is 0. The van der Waals surface area contributed by atoms with Crippen molar-refractivity contribution >= 4 is 17.6 Å². The first-order chi connectivity index (χ1) is 6.20. The van der Waals surface area contributed by atoms with Crippen molar-refractivity contribution in [3.05, 3.63) is 23.3 Å². The molecule has 64 valence electrons.